The van der Waals surface area contributed by atoms with Crippen LogP contribution in [0.1, 0.15) is 12.8 Å². The first-order valence-electron chi connectivity index (χ1n) is 5.94. The van der Waals surface area contributed by atoms with E-state index in [0.717, 1.165) is 25.9 Å². The molecule has 0 bridgehead atoms. The molecule has 1 heterocycles. The van der Waals surface area contributed by atoms with Gasteiger partial charge >= 0.3 is 5.69 Å². The minimum atomic E-state index is -0.469. The number of rotatable bonds is 4. The monoisotopic (exact) mass is 306 g/mol. The second kappa shape index (κ2) is 7.53. The maximum absolute atomic E-state index is 10.9. The molecule has 0 amide bonds. The number of benzene rings is 1. The molecule has 0 spiro atoms. The summed E-state index contributed by atoms with van der Waals surface area (Å²) in [4.78, 5) is 10.4. The summed E-state index contributed by atoms with van der Waals surface area (Å²) >= 11 is 5.74. The lowest BCUT2D eigenvalue weighted by Gasteiger charge is -2.22. The van der Waals surface area contributed by atoms with Crippen molar-refractivity contribution in [1.29, 1.82) is 0 Å². The van der Waals surface area contributed by atoms with E-state index < -0.39 is 4.92 Å². The molecule has 0 saturated carbocycles. The standard InChI is InChI=1S/C12H15ClN2O3.ClH/c13-10-1-2-12(11(7-10)15(16)17)18-8-9-3-5-14-6-4-9;/h1-2,7,9,14H,3-6,8H2;1H. The Balaban J connectivity index is 0.00000180. The van der Waals surface area contributed by atoms with Crippen LogP contribution in [0.3, 0.4) is 0 Å². The third-order valence-electron chi connectivity index (χ3n) is 3.05. The summed E-state index contributed by atoms with van der Waals surface area (Å²) in [6.07, 6.45) is 2.09. The van der Waals surface area contributed by atoms with E-state index in [1.165, 1.54) is 6.07 Å². The van der Waals surface area contributed by atoms with E-state index in [1.807, 2.05) is 0 Å². The average Bonchev–Trinajstić information content (AvgIpc) is 2.38. The van der Waals surface area contributed by atoms with Crippen molar-refractivity contribution in [2.45, 2.75) is 12.8 Å². The van der Waals surface area contributed by atoms with Gasteiger partial charge < -0.3 is 10.1 Å². The van der Waals surface area contributed by atoms with E-state index >= 15 is 0 Å². The number of ether oxygens (including phenoxy) is 1. The van der Waals surface area contributed by atoms with Crippen molar-refractivity contribution in [2.75, 3.05) is 19.7 Å². The van der Waals surface area contributed by atoms with Crippen molar-refractivity contribution < 1.29 is 9.66 Å². The van der Waals surface area contributed by atoms with E-state index in [-0.39, 0.29) is 18.1 Å². The Labute approximate surface area is 122 Å². The van der Waals surface area contributed by atoms with Gasteiger partial charge in [-0.25, -0.2) is 0 Å². The third-order valence-corrected chi connectivity index (χ3v) is 3.29. The van der Waals surface area contributed by atoms with Crippen LogP contribution in [0, 0.1) is 16.0 Å². The summed E-state index contributed by atoms with van der Waals surface area (Å²) in [6, 6.07) is 4.48. The summed E-state index contributed by atoms with van der Waals surface area (Å²) < 4.78 is 5.56. The van der Waals surface area contributed by atoms with Crippen LogP contribution < -0.4 is 10.1 Å². The van der Waals surface area contributed by atoms with Crippen molar-refractivity contribution in [1.82, 2.24) is 5.32 Å². The van der Waals surface area contributed by atoms with Crippen LogP contribution in [0.2, 0.25) is 5.02 Å². The lowest BCUT2D eigenvalue weighted by molar-refractivity contribution is -0.385. The van der Waals surface area contributed by atoms with E-state index in [9.17, 15) is 10.1 Å². The Morgan fingerprint density at radius 1 is 1.42 bits per heavy atom. The summed E-state index contributed by atoms with van der Waals surface area (Å²) in [5.41, 5.74) is -0.0727. The summed E-state index contributed by atoms with van der Waals surface area (Å²) in [5.74, 6) is 0.754. The highest BCUT2D eigenvalue weighted by atomic mass is 35.5. The van der Waals surface area contributed by atoms with E-state index in [0.29, 0.717) is 23.3 Å². The first-order valence-corrected chi connectivity index (χ1v) is 6.32. The molecule has 1 aliphatic rings. The summed E-state index contributed by atoms with van der Waals surface area (Å²) in [5, 5.41) is 14.5. The largest absolute Gasteiger partial charge is 0.487 e. The van der Waals surface area contributed by atoms with Crippen LogP contribution >= 0.6 is 24.0 Å². The number of nitrogens with one attached hydrogen (secondary N) is 1. The van der Waals surface area contributed by atoms with Gasteiger partial charge in [-0.1, -0.05) is 11.6 Å². The molecule has 7 heteroatoms. The molecule has 5 nitrogen and oxygen atoms in total. The first kappa shape index (κ1) is 16.0. The van der Waals surface area contributed by atoms with Gasteiger partial charge in [0.2, 0.25) is 0 Å². The van der Waals surface area contributed by atoms with Crippen molar-refractivity contribution in [3.8, 4) is 5.75 Å². The molecule has 1 saturated heterocycles. The molecule has 106 valence electrons. The van der Waals surface area contributed by atoms with Crippen molar-refractivity contribution in [3.63, 3.8) is 0 Å². The number of nitro groups is 1. The second-order valence-electron chi connectivity index (χ2n) is 4.37. The molecule has 1 aliphatic heterocycles. The predicted octanol–water partition coefficient (Wildman–Crippen LogP) is 3.05. The van der Waals surface area contributed by atoms with E-state index in [4.69, 9.17) is 16.3 Å². The van der Waals surface area contributed by atoms with Crippen molar-refractivity contribution in [3.05, 3.63) is 33.3 Å². The van der Waals surface area contributed by atoms with Gasteiger partial charge in [0.25, 0.3) is 0 Å². The molecular formula is C12H16Cl2N2O3. The quantitative estimate of drug-likeness (QED) is 0.686. The molecule has 0 aromatic heterocycles. The Bertz CT molecular complexity index is 437. The fourth-order valence-corrected chi connectivity index (χ4v) is 2.18. The van der Waals surface area contributed by atoms with Crippen LogP contribution in [-0.4, -0.2) is 24.6 Å². The van der Waals surface area contributed by atoms with Gasteiger partial charge in [0.05, 0.1) is 11.5 Å². The van der Waals surface area contributed by atoms with Gasteiger partial charge in [-0.15, -0.1) is 12.4 Å². The van der Waals surface area contributed by atoms with Crippen LogP contribution in [0.5, 0.6) is 5.75 Å². The highest BCUT2D eigenvalue weighted by Crippen LogP contribution is 2.30. The van der Waals surface area contributed by atoms with Gasteiger partial charge in [0, 0.05) is 11.1 Å². The molecule has 19 heavy (non-hydrogen) atoms. The molecule has 0 radical (unpaired) electrons. The SMILES string of the molecule is Cl.O=[N+]([O-])c1cc(Cl)ccc1OCC1CCNCC1. The zero-order valence-electron chi connectivity index (χ0n) is 10.3. The third kappa shape index (κ3) is 4.53. The zero-order chi connectivity index (χ0) is 13.0. The Hall–Kier alpha value is -1.04. The van der Waals surface area contributed by atoms with Crippen LogP contribution in [-0.2, 0) is 0 Å². The maximum Gasteiger partial charge on any atom is 0.312 e. The van der Waals surface area contributed by atoms with Crippen LogP contribution in [0.25, 0.3) is 0 Å². The lowest BCUT2D eigenvalue weighted by Crippen LogP contribution is -2.30. The molecule has 1 aromatic rings. The van der Waals surface area contributed by atoms with E-state index in [2.05, 4.69) is 5.32 Å². The van der Waals surface area contributed by atoms with Crippen molar-refractivity contribution in [2.24, 2.45) is 5.92 Å². The van der Waals surface area contributed by atoms with Gasteiger partial charge in [0.1, 0.15) is 0 Å². The summed E-state index contributed by atoms with van der Waals surface area (Å²) in [7, 11) is 0. The Morgan fingerprint density at radius 3 is 2.74 bits per heavy atom. The number of piperidine rings is 1. The minimum absolute atomic E-state index is 0. The normalized spacial score (nSPS) is 15.6. The highest BCUT2D eigenvalue weighted by molar-refractivity contribution is 6.30. The minimum Gasteiger partial charge on any atom is -0.487 e. The Kier molecular flexibility index (Phi) is 6.34. The molecule has 1 aromatic carbocycles. The number of hydrogen-bond acceptors (Lipinski definition) is 4. The highest BCUT2D eigenvalue weighted by Gasteiger charge is 2.18. The number of halogens is 2. The fourth-order valence-electron chi connectivity index (χ4n) is 2.01. The Morgan fingerprint density at radius 2 is 2.11 bits per heavy atom. The molecular weight excluding hydrogens is 291 g/mol. The molecule has 0 aliphatic carbocycles. The van der Waals surface area contributed by atoms with Gasteiger partial charge in [-0.2, -0.15) is 0 Å². The predicted molar refractivity (Wildman–Crippen MR) is 76.4 cm³/mol. The molecule has 0 atom stereocenters. The van der Waals surface area contributed by atoms with Gasteiger partial charge in [0.15, 0.2) is 5.75 Å². The second-order valence-corrected chi connectivity index (χ2v) is 4.81. The lowest BCUT2D eigenvalue weighted by atomic mass is 9.99. The van der Waals surface area contributed by atoms with Crippen LogP contribution in [0.4, 0.5) is 5.69 Å². The van der Waals surface area contributed by atoms with Crippen molar-refractivity contribution >= 4 is 29.7 Å². The zero-order valence-corrected chi connectivity index (χ0v) is 11.9. The first-order chi connectivity index (χ1) is 8.66. The molecule has 0 unspecified atom stereocenters. The summed E-state index contributed by atoms with van der Waals surface area (Å²) in [6.45, 7) is 2.48. The molecule has 1 N–H and O–H groups in total. The van der Waals surface area contributed by atoms with E-state index in [1.54, 1.807) is 12.1 Å². The topological polar surface area (TPSA) is 64.4 Å². The number of hydrogen-bond donors (Lipinski definition) is 1. The smallest absolute Gasteiger partial charge is 0.312 e. The number of nitrogens with zero attached hydrogens (tertiary/aromatic N) is 1. The molecule has 2 rings (SSSR count). The fraction of sp³-hybridized carbons (Fsp3) is 0.500. The van der Waals surface area contributed by atoms with Gasteiger partial charge in [-0.3, -0.25) is 10.1 Å². The van der Waals surface area contributed by atoms with Crippen LogP contribution in [0.15, 0.2) is 18.2 Å². The molecule has 1 fully saturated rings. The van der Waals surface area contributed by atoms with Gasteiger partial charge in [-0.05, 0) is 44.0 Å². The maximum atomic E-state index is 10.9. The average molecular weight is 307 g/mol. The number of nitro benzene ring substituents is 1.